The van der Waals surface area contributed by atoms with Gasteiger partial charge in [-0.2, -0.15) is 0 Å². The normalized spacial score (nSPS) is 9.15. The molecule has 0 heteroatoms. The van der Waals surface area contributed by atoms with Crippen LogP contribution in [0.15, 0.2) is 49.1 Å². The number of allylic oxidation sites excluding steroid dienone is 6. The first-order valence-electron chi connectivity index (χ1n) is 4.93. The molecule has 0 N–H and O–H groups in total. The molecule has 0 nitrogen and oxygen atoms in total. The third-order valence-electron chi connectivity index (χ3n) is 0.994. The van der Waals surface area contributed by atoms with Gasteiger partial charge in [-0.3, -0.25) is 0 Å². The Balaban J connectivity index is -0.000000218. The molecule has 0 heterocycles. The second kappa shape index (κ2) is 22.4. The summed E-state index contributed by atoms with van der Waals surface area (Å²) in [5, 5.41) is 0. The van der Waals surface area contributed by atoms with E-state index in [4.69, 9.17) is 0 Å². The summed E-state index contributed by atoms with van der Waals surface area (Å²) in [7, 11) is 0. The van der Waals surface area contributed by atoms with E-state index >= 15 is 0 Å². The first-order valence-corrected chi connectivity index (χ1v) is 4.93. The second-order valence-electron chi connectivity index (χ2n) is 1.59. The van der Waals surface area contributed by atoms with Crippen molar-refractivity contribution >= 4 is 0 Å². The van der Waals surface area contributed by atoms with E-state index in [2.05, 4.69) is 13.2 Å². The molecule has 0 aliphatic carbocycles. The lowest BCUT2D eigenvalue weighted by molar-refractivity contribution is 1.50. The van der Waals surface area contributed by atoms with Crippen molar-refractivity contribution in [2.75, 3.05) is 0 Å². The van der Waals surface area contributed by atoms with Crippen LogP contribution in [0, 0.1) is 0 Å². The van der Waals surface area contributed by atoms with Gasteiger partial charge in [0.05, 0.1) is 0 Å². The smallest absolute Gasteiger partial charge is 0.0305 e. The molecule has 0 atom stereocenters. The van der Waals surface area contributed by atoms with Gasteiger partial charge in [0.25, 0.3) is 0 Å². The van der Waals surface area contributed by atoms with Crippen molar-refractivity contribution in [3.63, 3.8) is 0 Å². The van der Waals surface area contributed by atoms with Gasteiger partial charge in [0.15, 0.2) is 0 Å². The summed E-state index contributed by atoms with van der Waals surface area (Å²) < 4.78 is 0. The lowest BCUT2D eigenvalue weighted by Gasteiger charge is -1.85. The van der Waals surface area contributed by atoms with E-state index in [0.717, 1.165) is 5.57 Å². The minimum Gasteiger partial charge on any atom is -0.0991 e. The summed E-state index contributed by atoms with van der Waals surface area (Å²) in [6.45, 7) is 17.2. The lowest BCUT2D eigenvalue weighted by atomic mass is 10.2. The van der Waals surface area contributed by atoms with Crippen LogP contribution in [0.1, 0.15) is 34.6 Å². The highest BCUT2D eigenvalue weighted by atomic mass is 13.8. The molecule has 0 saturated carbocycles. The summed E-state index contributed by atoms with van der Waals surface area (Å²) in [6, 6.07) is 0. The van der Waals surface area contributed by atoms with Crippen LogP contribution in [0.2, 0.25) is 0 Å². The van der Waals surface area contributed by atoms with E-state index in [1.54, 1.807) is 12.2 Å². The van der Waals surface area contributed by atoms with Crippen LogP contribution in [0.5, 0.6) is 0 Å². The molecule has 0 amide bonds. The molecule has 0 unspecified atom stereocenters. The van der Waals surface area contributed by atoms with Crippen molar-refractivity contribution in [3.8, 4) is 0 Å². The summed E-state index contributed by atoms with van der Waals surface area (Å²) >= 11 is 0. The first kappa shape index (κ1) is 17.9. The van der Waals surface area contributed by atoms with Crippen molar-refractivity contribution < 1.29 is 0 Å². The Morgan fingerprint density at radius 3 is 1.69 bits per heavy atom. The van der Waals surface area contributed by atoms with E-state index in [-0.39, 0.29) is 0 Å². The quantitative estimate of drug-likeness (QED) is 0.541. The van der Waals surface area contributed by atoms with Gasteiger partial charge in [-0.05, 0) is 12.5 Å². The van der Waals surface area contributed by atoms with Crippen molar-refractivity contribution in [1.29, 1.82) is 0 Å². The van der Waals surface area contributed by atoms with Crippen LogP contribution < -0.4 is 0 Å². The van der Waals surface area contributed by atoms with Crippen molar-refractivity contribution in [2.24, 2.45) is 0 Å². The molecule has 0 saturated heterocycles. The molecule has 0 aromatic carbocycles. The molecule has 0 bridgehead atoms. The van der Waals surface area contributed by atoms with Gasteiger partial charge >= 0.3 is 0 Å². The fourth-order valence-electron chi connectivity index (χ4n) is 0.461. The summed E-state index contributed by atoms with van der Waals surface area (Å²) in [6.07, 6.45) is 9.39. The van der Waals surface area contributed by atoms with Crippen LogP contribution in [0.3, 0.4) is 0 Å². The molecule has 0 aromatic rings. The molecule has 0 fully saturated rings. The van der Waals surface area contributed by atoms with Crippen LogP contribution in [0.25, 0.3) is 0 Å². The van der Waals surface area contributed by atoms with E-state index in [0.29, 0.717) is 0 Å². The van der Waals surface area contributed by atoms with Crippen LogP contribution in [0.4, 0.5) is 0 Å². The van der Waals surface area contributed by atoms with Crippen molar-refractivity contribution in [3.05, 3.63) is 49.1 Å². The number of rotatable bonds is 3. The zero-order valence-corrected chi connectivity index (χ0v) is 9.80. The summed E-state index contributed by atoms with van der Waals surface area (Å²) in [5.41, 5.74) is 1.12. The summed E-state index contributed by atoms with van der Waals surface area (Å²) in [4.78, 5) is 0. The maximum absolute atomic E-state index is 3.63. The fourth-order valence-corrected chi connectivity index (χ4v) is 0.461. The van der Waals surface area contributed by atoms with Crippen LogP contribution >= 0.6 is 0 Å². The third-order valence-corrected chi connectivity index (χ3v) is 0.994. The minimum atomic E-state index is 1.12. The van der Waals surface area contributed by atoms with Gasteiger partial charge in [0.1, 0.15) is 0 Å². The zero-order chi connectivity index (χ0) is 11.1. The standard InChI is InChI=1S/C9H12.2C2H6/c1-4-7-8-9(5-2)6-3;2*1-2/h4-8H,1-2H2,3H3;2*1-2H3/b8-7-,9-6-;;. The van der Waals surface area contributed by atoms with Crippen molar-refractivity contribution in [1.82, 2.24) is 0 Å². The average Bonchev–Trinajstić information content (AvgIpc) is 2.25. The van der Waals surface area contributed by atoms with Crippen LogP contribution in [-0.2, 0) is 0 Å². The largest absolute Gasteiger partial charge is 0.0991 e. The zero-order valence-electron chi connectivity index (χ0n) is 9.80. The molecule has 76 valence electrons. The van der Waals surface area contributed by atoms with Gasteiger partial charge < -0.3 is 0 Å². The number of hydrogen-bond acceptors (Lipinski definition) is 0. The topological polar surface area (TPSA) is 0 Å². The van der Waals surface area contributed by atoms with E-state index in [1.165, 1.54) is 0 Å². The van der Waals surface area contributed by atoms with Gasteiger partial charge in [-0.25, -0.2) is 0 Å². The van der Waals surface area contributed by atoms with Gasteiger partial charge in [0.2, 0.25) is 0 Å². The van der Waals surface area contributed by atoms with E-state index in [9.17, 15) is 0 Å². The Morgan fingerprint density at radius 1 is 1.00 bits per heavy atom. The molecule has 0 aliphatic heterocycles. The molecule has 0 radical (unpaired) electrons. The van der Waals surface area contributed by atoms with E-state index < -0.39 is 0 Å². The first-order chi connectivity index (χ1) is 6.35. The summed E-state index contributed by atoms with van der Waals surface area (Å²) in [5.74, 6) is 0. The molecule has 0 aliphatic rings. The molecule has 0 rings (SSSR count). The maximum Gasteiger partial charge on any atom is -0.0305 e. The monoisotopic (exact) mass is 180 g/mol. The fraction of sp³-hybridized carbons (Fsp3) is 0.385. The highest BCUT2D eigenvalue weighted by Gasteiger charge is 1.75. The predicted molar refractivity (Wildman–Crippen MR) is 66.0 cm³/mol. The molecular weight excluding hydrogens is 156 g/mol. The Hall–Kier alpha value is -1.04. The molecular formula is C13H24. The highest BCUT2D eigenvalue weighted by molar-refractivity contribution is 5.29. The average molecular weight is 180 g/mol. The highest BCUT2D eigenvalue weighted by Crippen LogP contribution is 1.96. The minimum absolute atomic E-state index is 1.12. The van der Waals surface area contributed by atoms with Gasteiger partial charge in [-0.1, -0.05) is 71.2 Å². The van der Waals surface area contributed by atoms with Crippen LogP contribution in [-0.4, -0.2) is 0 Å². The Bertz CT molecular complexity index is 147. The van der Waals surface area contributed by atoms with E-state index in [1.807, 2.05) is 52.8 Å². The SMILES string of the molecule is C=C/C=C\C(C=C)=C/C.CC.CC. The molecule has 13 heavy (non-hydrogen) atoms. The second-order valence-corrected chi connectivity index (χ2v) is 1.59. The van der Waals surface area contributed by atoms with Gasteiger partial charge in [0, 0.05) is 0 Å². The number of hydrogen-bond donors (Lipinski definition) is 0. The predicted octanol–water partition coefficient (Wildman–Crippen LogP) is 4.91. The Kier molecular flexibility index (Phi) is 30.9. The lowest BCUT2D eigenvalue weighted by Crippen LogP contribution is -1.64. The van der Waals surface area contributed by atoms with Gasteiger partial charge in [-0.15, -0.1) is 0 Å². The Morgan fingerprint density at radius 2 is 1.46 bits per heavy atom. The van der Waals surface area contributed by atoms with Crippen molar-refractivity contribution in [2.45, 2.75) is 34.6 Å². The maximum atomic E-state index is 3.63. The molecule has 0 spiro atoms. The Labute approximate surface area is 84.4 Å². The molecule has 0 aromatic heterocycles. The third kappa shape index (κ3) is 18.2.